The SMILES string of the molecule is CNc1ccc(C(c2ccc(NC)cc2)c2ccc(COC(C)=O)o2)cc1. The summed E-state index contributed by atoms with van der Waals surface area (Å²) < 4.78 is 11.1. The van der Waals surface area contributed by atoms with Crippen LogP contribution in [0.25, 0.3) is 0 Å². The molecule has 3 rings (SSSR count). The maximum Gasteiger partial charge on any atom is 0.303 e. The molecule has 5 nitrogen and oxygen atoms in total. The van der Waals surface area contributed by atoms with Gasteiger partial charge in [-0.25, -0.2) is 0 Å². The van der Waals surface area contributed by atoms with E-state index in [-0.39, 0.29) is 18.5 Å². The highest BCUT2D eigenvalue weighted by atomic mass is 16.5. The van der Waals surface area contributed by atoms with Gasteiger partial charge in [-0.15, -0.1) is 0 Å². The normalized spacial score (nSPS) is 10.7. The molecule has 1 heterocycles. The van der Waals surface area contributed by atoms with Gasteiger partial charge in [0.2, 0.25) is 0 Å². The number of furan rings is 1. The van der Waals surface area contributed by atoms with Crippen molar-refractivity contribution in [2.24, 2.45) is 0 Å². The molecule has 0 unspecified atom stereocenters. The highest BCUT2D eigenvalue weighted by Crippen LogP contribution is 2.34. The fourth-order valence-electron chi connectivity index (χ4n) is 3.01. The van der Waals surface area contributed by atoms with Crippen LogP contribution in [0, 0.1) is 0 Å². The van der Waals surface area contributed by atoms with Crippen LogP contribution in [-0.2, 0) is 16.1 Å². The summed E-state index contributed by atoms with van der Waals surface area (Å²) in [5.74, 6) is 1.07. The Hall–Kier alpha value is -3.21. The second-order valence-electron chi connectivity index (χ2n) is 6.26. The molecule has 0 fully saturated rings. The van der Waals surface area contributed by atoms with E-state index in [4.69, 9.17) is 9.15 Å². The second kappa shape index (κ2) is 8.45. The molecule has 5 heteroatoms. The zero-order valence-electron chi connectivity index (χ0n) is 15.8. The summed E-state index contributed by atoms with van der Waals surface area (Å²) in [6, 6.07) is 20.4. The lowest BCUT2D eigenvalue weighted by atomic mass is 9.89. The number of anilines is 2. The topological polar surface area (TPSA) is 63.5 Å². The van der Waals surface area contributed by atoms with Gasteiger partial charge in [0.05, 0.1) is 5.92 Å². The summed E-state index contributed by atoms with van der Waals surface area (Å²) in [5, 5.41) is 6.28. The Balaban J connectivity index is 1.96. The van der Waals surface area contributed by atoms with Crippen molar-refractivity contribution < 1.29 is 13.9 Å². The molecule has 0 aliphatic carbocycles. The van der Waals surface area contributed by atoms with Crippen LogP contribution < -0.4 is 10.6 Å². The molecule has 0 saturated heterocycles. The summed E-state index contributed by atoms with van der Waals surface area (Å²) in [5.41, 5.74) is 4.36. The Labute approximate surface area is 159 Å². The summed E-state index contributed by atoms with van der Waals surface area (Å²) in [6.07, 6.45) is 0. The molecule has 0 aliphatic rings. The molecule has 0 amide bonds. The largest absolute Gasteiger partial charge is 0.461 e. The number of carbonyl (C=O) groups excluding carboxylic acids is 1. The first-order valence-electron chi connectivity index (χ1n) is 8.88. The molecule has 27 heavy (non-hydrogen) atoms. The molecule has 0 bridgehead atoms. The number of nitrogens with one attached hydrogen (secondary N) is 2. The van der Waals surface area contributed by atoms with Crippen LogP contribution in [0.4, 0.5) is 11.4 Å². The lowest BCUT2D eigenvalue weighted by Gasteiger charge is -2.17. The zero-order chi connectivity index (χ0) is 19.2. The summed E-state index contributed by atoms with van der Waals surface area (Å²) in [7, 11) is 3.80. The number of carbonyl (C=O) groups is 1. The first-order chi connectivity index (χ1) is 13.1. The van der Waals surface area contributed by atoms with E-state index in [2.05, 4.69) is 34.9 Å². The fraction of sp³-hybridized carbons (Fsp3) is 0.227. The first-order valence-corrected chi connectivity index (χ1v) is 8.88. The average Bonchev–Trinajstić information content (AvgIpc) is 3.16. The quantitative estimate of drug-likeness (QED) is 0.600. The predicted molar refractivity (Wildman–Crippen MR) is 107 cm³/mol. The molecule has 3 aromatic rings. The number of benzene rings is 2. The molecule has 0 saturated carbocycles. The van der Waals surface area contributed by atoms with Gasteiger partial charge in [-0.05, 0) is 47.5 Å². The van der Waals surface area contributed by atoms with Crippen LogP contribution in [0.3, 0.4) is 0 Å². The third-order valence-corrected chi connectivity index (χ3v) is 4.45. The van der Waals surface area contributed by atoms with E-state index in [1.54, 1.807) is 0 Å². The van der Waals surface area contributed by atoms with Gasteiger partial charge in [-0.3, -0.25) is 4.79 Å². The Morgan fingerprint density at radius 3 is 1.85 bits per heavy atom. The van der Waals surface area contributed by atoms with Crippen molar-refractivity contribution in [3.8, 4) is 0 Å². The van der Waals surface area contributed by atoms with Crippen molar-refractivity contribution in [2.45, 2.75) is 19.4 Å². The number of rotatable bonds is 7. The Kier molecular flexibility index (Phi) is 5.81. The van der Waals surface area contributed by atoms with Gasteiger partial charge >= 0.3 is 5.97 Å². The van der Waals surface area contributed by atoms with E-state index in [9.17, 15) is 4.79 Å². The summed E-state index contributed by atoms with van der Waals surface area (Å²) in [4.78, 5) is 11.0. The third-order valence-electron chi connectivity index (χ3n) is 4.45. The zero-order valence-corrected chi connectivity index (χ0v) is 15.8. The minimum atomic E-state index is -0.324. The minimum absolute atomic E-state index is 0.0482. The lowest BCUT2D eigenvalue weighted by Crippen LogP contribution is -2.03. The number of hydrogen-bond acceptors (Lipinski definition) is 5. The van der Waals surface area contributed by atoms with Crippen molar-refractivity contribution in [1.29, 1.82) is 0 Å². The van der Waals surface area contributed by atoms with Crippen LogP contribution in [-0.4, -0.2) is 20.1 Å². The van der Waals surface area contributed by atoms with Crippen LogP contribution in [0.15, 0.2) is 65.1 Å². The molecule has 0 radical (unpaired) electrons. The smallest absolute Gasteiger partial charge is 0.303 e. The van der Waals surface area contributed by atoms with E-state index < -0.39 is 0 Å². The predicted octanol–water partition coefficient (Wildman–Crippen LogP) is 4.61. The van der Waals surface area contributed by atoms with Gasteiger partial charge in [-0.1, -0.05) is 24.3 Å². The van der Waals surface area contributed by atoms with Gasteiger partial charge in [-0.2, -0.15) is 0 Å². The molecular formula is C22H24N2O3. The van der Waals surface area contributed by atoms with E-state index in [1.807, 2.05) is 50.5 Å². The van der Waals surface area contributed by atoms with Gasteiger partial charge in [0, 0.05) is 32.4 Å². The van der Waals surface area contributed by atoms with Crippen LogP contribution in [0.1, 0.15) is 35.5 Å². The van der Waals surface area contributed by atoms with E-state index >= 15 is 0 Å². The van der Waals surface area contributed by atoms with Gasteiger partial charge in [0.15, 0.2) is 0 Å². The molecule has 2 N–H and O–H groups in total. The summed E-state index contributed by atoms with van der Waals surface area (Å²) >= 11 is 0. The van der Waals surface area contributed by atoms with Crippen molar-refractivity contribution >= 4 is 17.3 Å². The number of ether oxygens (including phenoxy) is 1. The summed E-state index contributed by atoms with van der Waals surface area (Å²) in [6.45, 7) is 1.53. The standard InChI is InChI=1S/C22H24N2O3/c1-15(25)26-14-20-12-13-21(27-20)22(16-4-8-18(23-2)9-5-16)17-6-10-19(24-3)11-7-17/h4-13,22-24H,14H2,1-3H3. The number of esters is 1. The Morgan fingerprint density at radius 2 is 1.41 bits per heavy atom. The Bertz CT molecular complexity index is 835. The minimum Gasteiger partial charge on any atom is -0.461 e. The van der Waals surface area contributed by atoms with E-state index in [1.165, 1.54) is 6.92 Å². The van der Waals surface area contributed by atoms with Crippen molar-refractivity contribution in [1.82, 2.24) is 0 Å². The van der Waals surface area contributed by atoms with Crippen LogP contribution >= 0.6 is 0 Å². The van der Waals surface area contributed by atoms with E-state index in [0.29, 0.717) is 5.76 Å². The van der Waals surface area contributed by atoms with Crippen molar-refractivity contribution in [3.63, 3.8) is 0 Å². The highest BCUT2D eigenvalue weighted by Gasteiger charge is 2.21. The van der Waals surface area contributed by atoms with Gasteiger partial charge in [0.25, 0.3) is 0 Å². The maximum atomic E-state index is 11.0. The van der Waals surface area contributed by atoms with Crippen molar-refractivity contribution in [2.75, 3.05) is 24.7 Å². The molecule has 0 spiro atoms. The van der Waals surface area contributed by atoms with E-state index in [0.717, 1.165) is 28.3 Å². The molecule has 140 valence electrons. The van der Waals surface area contributed by atoms with Gasteiger partial charge < -0.3 is 19.8 Å². The third kappa shape index (κ3) is 4.50. The molecule has 2 aromatic carbocycles. The fourth-order valence-corrected chi connectivity index (χ4v) is 3.01. The first kappa shape index (κ1) is 18.6. The van der Waals surface area contributed by atoms with Crippen molar-refractivity contribution in [3.05, 3.63) is 83.3 Å². The van der Waals surface area contributed by atoms with Gasteiger partial charge in [0.1, 0.15) is 18.1 Å². The molecule has 0 atom stereocenters. The second-order valence-corrected chi connectivity index (χ2v) is 6.26. The van der Waals surface area contributed by atoms with Crippen LogP contribution in [0.2, 0.25) is 0 Å². The average molecular weight is 364 g/mol. The molecule has 0 aliphatic heterocycles. The molecule has 1 aromatic heterocycles. The highest BCUT2D eigenvalue weighted by molar-refractivity contribution is 5.65. The molecular weight excluding hydrogens is 340 g/mol. The maximum absolute atomic E-state index is 11.0. The van der Waals surface area contributed by atoms with Crippen LogP contribution in [0.5, 0.6) is 0 Å². The number of hydrogen-bond donors (Lipinski definition) is 2. The lowest BCUT2D eigenvalue weighted by molar-refractivity contribution is -0.142. The Morgan fingerprint density at radius 1 is 0.889 bits per heavy atom. The monoisotopic (exact) mass is 364 g/mol.